The fourth-order valence-electron chi connectivity index (χ4n) is 1.28. The fraction of sp³-hybridized carbons (Fsp3) is 0.333. The zero-order valence-electron chi connectivity index (χ0n) is 9.03. The predicted molar refractivity (Wildman–Crippen MR) is 64.3 cm³/mol. The summed E-state index contributed by atoms with van der Waals surface area (Å²) in [7, 11) is 1.35. The molecule has 1 rings (SSSR count). The van der Waals surface area contributed by atoms with Crippen molar-refractivity contribution < 1.29 is 14.3 Å². The SMILES string of the molecule is COC(=O)CCCC(=O)c1ccc(Br)cc1. The van der Waals surface area contributed by atoms with Gasteiger partial charge in [0.05, 0.1) is 7.11 Å². The average Bonchev–Trinajstić information content (AvgIpc) is 2.29. The molecule has 16 heavy (non-hydrogen) atoms. The maximum atomic E-state index is 11.7. The van der Waals surface area contributed by atoms with Crippen LogP contribution in [0.1, 0.15) is 29.6 Å². The molecular formula is C12H13BrO3. The summed E-state index contributed by atoms with van der Waals surface area (Å²) >= 11 is 3.30. The Morgan fingerprint density at radius 3 is 2.38 bits per heavy atom. The lowest BCUT2D eigenvalue weighted by molar-refractivity contribution is -0.140. The summed E-state index contributed by atoms with van der Waals surface area (Å²) in [6.07, 6.45) is 1.19. The molecular weight excluding hydrogens is 272 g/mol. The van der Waals surface area contributed by atoms with Crippen LogP contribution in [0.15, 0.2) is 28.7 Å². The number of hydrogen-bond donors (Lipinski definition) is 0. The van der Waals surface area contributed by atoms with Crippen LogP contribution in [0.3, 0.4) is 0 Å². The highest BCUT2D eigenvalue weighted by molar-refractivity contribution is 9.10. The van der Waals surface area contributed by atoms with Crippen LogP contribution in [0, 0.1) is 0 Å². The van der Waals surface area contributed by atoms with Crippen LogP contribution in [0.4, 0.5) is 0 Å². The van der Waals surface area contributed by atoms with Gasteiger partial charge in [-0.3, -0.25) is 9.59 Å². The third-order valence-electron chi connectivity index (χ3n) is 2.18. The largest absolute Gasteiger partial charge is 0.469 e. The molecule has 0 aliphatic rings. The lowest BCUT2D eigenvalue weighted by Crippen LogP contribution is -2.03. The molecule has 0 amide bonds. The van der Waals surface area contributed by atoms with Crippen molar-refractivity contribution in [2.24, 2.45) is 0 Å². The van der Waals surface area contributed by atoms with Crippen LogP contribution in [0.25, 0.3) is 0 Å². The van der Waals surface area contributed by atoms with E-state index in [1.54, 1.807) is 12.1 Å². The third kappa shape index (κ3) is 4.14. The number of carbonyl (C=O) groups excluding carboxylic acids is 2. The number of halogens is 1. The van der Waals surface area contributed by atoms with Crippen molar-refractivity contribution in [1.29, 1.82) is 0 Å². The molecule has 0 spiro atoms. The fourth-order valence-corrected chi connectivity index (χ4v) is 1.54. The molecule has 0 aliphatic heterocycles. The Labute approximate surface area is 103 Å². The van der Waals surface area contributed by atoms with Crippen molar-refractivity contribution in [2.75, 3.05) is 7.11 Å². The van der Waals surface area contributed by atoms with Crippen LogP contribution in [0.2, 0.25) is 0 Å². The Bertz CT molecular complexity index is 370. The van der Waals surface area contributed by atoms with Gasteiger partial charge in [0.1, 0.15) is 0 Å². The van der Waals surface area contributed by atoms with E-state index in [4.69, 9.17) is 0 Å². The van der Waals surface area contributed by atoms with Crippen molar-refractivity contribution in [3.8, 4) is 0 Å². The summed E-state index contributed by atoms with van der Waals surface area (Å²) in [6.45, 7) is 0. The van der Waals surface area contributed by atoms with Gasteiger partial charge < -0.3 is 4.74 Å². The number of esters is 1. The molecule has 1 aromatic carbocycles. The Morgan fingerprint density at radius 2 is 1.81 bits per heavy atom. The minimum absolute atomic E-state index is 0.0522. The van der Waals surface area contributed by atoms with Crippen LogP contribution >= 0.6 is 15.9 Å². The summed E-state index contributed by atoms with van der Waals surface area (Å²) in [6, 6.07) is 7.19. The van der Waals surface area contributed by atoms with Gasteiger partial charge in [-0.1, -0.05) is 28.1 Å². The first-order valence-corrected chi connectivity index (χ1v) is 5.78. The number of ether oxygens (including phenoxy) is 1. The lowest BCUT2D eigenvalue weighted by Gasteiger charge is -2.01. The van der Waals surface area contributed by atoms with Crippen LogP contribution in [-0.4, -0.2) is 18.9 Å². The van der Waals surface area contributed by atoms with Crippen molar-refractivity contribution in [3.63, 3.8) is 0 Å². The molecule has 0 heterocycles. The second-order valence-electron chi connectivity index (χ2n) is 3.36. The van der Waals surface area contributed by atoms with Gasteiger partial charge in [-0.05, 0) is 18.6 Å². The van der Waals surface area contributed by atoms with Crippen molar-refractivity contribution in [2.45, 2.75) is 19.3 Å². The smallest absolute Gasteiger partial charge is 0.305 e. The first kappa shape index (κ1) is 12.9. The number of methoxy groups -OCH3 is 1. The molecule has 0 radical (unpaired) electrons. The Kier molecular flexibility index (Phi) is 5.19. The van der Waals surface area contributed by atoms with Gasteiger partial charge in [-0.2, -0.15) is 0 Å². The van der Waals surface area contributed by atoms with Crippen LogP contribution < -0.4 is 0 Å². The zero-order valence-corrected chi connectivity index (χ0v) is 10.6. The standard InChI is InChI=1S/C12H13BrO3/c1-16-12(15)4-2-3-11(14)9-5-7-10(13)8-6-9/h5-8H,2-4H2,1H3. The first-order chi connectivity index (χ1) is 7.63. The van der Waals surface area contributed by atoms with Gasteiger partial charge in [0.25, 0.3) is 0 Å². The molecule has 4 heteroatoms. The monoisotopic (exact) mass is 284 g/mol. The number of hydrogen-bond acceptors (Lipinski definition) is 3. The molecule has 0 unspecified atom stereocenters. The van der Waals surface area contributed by atoms with Gasteiger partial charge >= 0.3 is 5.97 Å². The van der Waals surface area contributed by atoms with Gasteiger partial charge in [0.2, 0.25) is 0 Å². The Hall–Kier alpha value is -1.16. The maximum Gasteiger partial charge on any atom is 0.305 e. The highest BCUT2D eigenvalue weighted by Crippen LogP contribution is 2.13. The van der Waals surface area contributed by atoms with Crippen molar-refractivity contribution in [1.82, 2.24) is 0 Å². The van der Waals surface area contributed by atoms with Gasteiger partial charge in [0.15, 0.2) is 5.78 Å². The molecule has 0 saturated heterocycles. The van der Waals surface area contributed by atoms with Gasteiger partial charge in [-0.25, -0.2) is 0 Å². The minimum atomic E-state index is -0.274. The van der Waals surface area contributed by atoms with E-state index in [1.807, 2.05) is 12.1 Å². The van der Waals surface area contributed by atoms with Crippen LogP contribution in [-0.2, 0) is 9.53 Å². The van der Waals surface area contributed by atoms with Crippen LogP contribution in [0.5, 0.6) is 0 Å². The third-order valence-corrected chi connectivity index (χ3v) is 2.71. The van der Waals surface area contributed by atoms with E-state index in [-0.39, 0.29) is 11.8 Å². The predicted octanol–water partition coefficient (Wildman–Crippen LogP) is 2.98. The number of rotatable bonds is 5. The van der Waals surface area contributed by atoms with E-state index in [2.05, 4.69) is 20.7 Å². The summed E-state index contributed by atoms with van der Waals surface area (Å²) in [4.78, 5) is 22.5. The van der Waals surface area contributed by atoms with E-state index in [9.17, 15) is 9.59 Å². The molecule has 1 aromatic rings. The van der Waals surface area contributed by atoms with Crippen molar-refractivity contribution in [3.05, 3.63) is 34.3 Å². The highest BCUT2D eigenvalue weighted by Gasteiger charge is 2.07. The number of carbonyl (C=O) groups is 2. The maximum absolute atomic E-state index is 11.7. The van der Waals surface area contributed by atoms with E-state index in [0.717, 1.165) is 4.47 Å². The molecule has 0 aliphatic carbocycles. The number of ketones is 1. The summed E-state index contributed by atoms with van der Waals surface area (Å²) in [5.41, 5.74) is 0.674. The molecule has 0 N–H and O–H groups in total. The molecule has 0 aromatic heterocycles. The zero-order chi connectivity index (χ0) is 12.0. The van der Waals surface area contributed by atoms with Crippen molar-refractivity contribution >= 4 is 27.7 Å². The summed E-state index contributed by atoms with van der Waals surface area (Å²) in [5, 5.41) is 0. The molecule has 0 fully saturated rings. The van der Waals surface area contributed by atoms with Gasteiger partial charge in [0, 0.05) is 22.9 Å². The molecule has 0 saturated carbocycles. The van der Waals surface area contributed by atoms with Gasteiger partial charge in [-0.15, -0.1) is 0 Å². The van der Waals surface area contributed by atoms with E-state index < -0.39 is 0 Å². The summed E-state index contributed by atoms with van der Waals surface area (Å²) in [5.74, 6) is -0.222. The average molecular weight is 285 g/mol. The van der Waals surface area contributed by atoms with E-state index >= 15 is 0 Å². The Morgan fingerprint density at radius 1 is 1.19 bits per heavy atom. The molecule has 86 valence electrons. The topological polar surface area (TPSA) is 43.4 Å². The lowest BCUT2D eigenvalue weighted by atomic mass is 10.1. The van der Waals surface area contributed by atoms with E-state index in [0.29, 0.717) is 24.8 Å². The normalized spacial score (nSPS) is 9.88. The number of Topliss-reactive ketones (excluding diaryl/α,β-unsaturated/α-hetero) is 1. The quantitative estimate of drug-likeness (QED) is 0.617. The molecule has 0 bridgehead atoms. The minimum Gasteiger partial charge on any atom is -0.469 e. The Balaban J connectivity index is 2.41. The second-order valence-corrected chi connectivity index (χ2v) is 4.28. The second kappa shape index (κ2) is 6.43. The summed E-state index contributed by atoms with van der Waals surface area (Å²) < 4.78 is 5.44. The highest BCUT2D eigenvalue weighted by atomic mass is 79.9. The van der Waals surface area contributed by atoms with E-state index in [1.165, 1.54) is 7.11 Å². The molecule has 0 atom stereocenters. The number of benzene rings is 1. The first-order valence-electron chi connectivity index (χ1n) is 4.99. The molecule has 3 nitrogen and oxygen atoms in total.